The number of hydrogen-bond donors (Lipinski definition) is 0. The SMILES string of the molecule is CCCCCCc1ccc(C(=O)CCSC(C)C)cc1. The third kappa shape index (κ3) is 7.14. The molecule has 0 amide bonds. The quantitative estimate of drug-likeness (QED) is 0.417. The molecule has 0 fully saturated rings. The Morgan fingerprint density at radius 3 is 2.40 bits per heavy atom. The van der Waals surface area contributed by atoms with Crippen molar-refractivity contribution >= 4 is 17.5 Å². The van der Waals surface area contributed by atoms with Crippen LogP contribution < -0.4 is 0 Å². The first-order valence-corrected chi connectivity index (χ1v) is 8.92. The van der Waals surface area contributed by atoms with Crippen LogP contribution in [0.1, 0.15) is 68.8 Å². The highest BCUT2D eigenvalue weighted by Crippen LogP contribution is 2.14. The van der Waals surface area contributed by atoms with Crippen molar-refractivity contribution < 1.29 is 4.79 Å². The molecule has 112 valence electrons. The largest absolute Gasteiger partial charge is 0.294 e. The zero-order valence-electron chi connectivity index (χ0n) is 13.2. The van der Waals surface area contributed by atoms with Gasteiger partial charge in [-0.15, -0.1) is 0 Å². The molecule has 1 aromatic rings. The van der Waals surface area contributed by atoms with E-state index in [1.807, 2.05) is 23.9 Å². The van der Waals surface area contributed by atoms with Crippen LogP contribution >= 0.6 is 11.8 Å². The molecular weight excluding hydrogens is 264 g/mol. The van der Waals surface area contributed by atoms with Gasteiger partial charge < -0.3 is 0 Å². The minimum absolute atomic E-state index is 0.274. The molecule has 2 heteroatoms. The van der Waals surface area contributed by atoms with Crippen LogP contribution in [0.4, 0.5) is 0 Å². The summed E-state index contributed by atoms with van der Waals surface area (Å²) in [6.45, 7) is 6.57. The van der Waals surface area contributed by atoms with Crippen molar-refractivity contribution in [1.82, 2.24) is 0 Å². The van der Waals surface area contributed by atoms with Crippen LogP contribution in [0.3, 0.4) is 0 Å². The Kier molecular flexibility index (Phi) is 8.68. The molecule has 0 bridgehead atoms. The standard InChI is InChI=1S/C18H28OS/c1-4-5-6-7-8-16-9-11-17(12-10-16)18(19)13-14-20-15(2)3/h9-12,15H,4-8,13-14H2,1-3H3. The van der Waals surface area contributed by atoms with Gasteiger partial charge in [-0.1, -0.05) is 64.3 Å². The van der Waals surface area contributed by atoms with Gasteiger partial charge >= 0.3 is 0 Å². The second-order valence-electron chi connectivity index (χ2n) is 5.60. The molecule has 0 radical (unpaired) electrons. The molecule has 0 saturated heterocycles. The molecule has 0 aliphatic carbocycles. The number of ketones is 1. The fourth-order valence-electron chi connectivity index (χ4n) is 2.14. The molecule has 0 aliphatic rings. The summed E-state index contributed by atoms with van der Waals surface area (Å²) < 4.78 is 0. The predicted molar refractivity (Wildman–Crippen MR) is 90.8 cm³/mol. The van der Waals surface area contributed by atoms with Gasteiger partial charge in [0.1, 0.15) is 0 Å². The summed E-state index contributed by atoms with van der Waals surface area (Å²) in [5.41, 5.74) is 2.22. The van der Waals surface area contributed by atoms with E-state index in [1.165, 1.54) is 31.2 Å². The summed E-state index contributed by atoms with van der Waals surface area (Å²) in [5, 5.41) is 0.605. The lowest BCUT2D eigenvalue weighted by Gasteiger charge is -2.05. The third-order valence-electron chi connectivity index (χ3n) is 3.38. The zero-order chi connectivity index (χ0) is 14.8. The summed E-state index contributed by atoms with van der Waals surface area (Å²) in [7, 11) is 0. The first-order chi connectivity index (χ1) is 9.63. The van der Waals surface area contributed by atoms with Crippen LogP contribution in [-0.2, 0) is 6.42 Å². The maximum absolute atomic E-state index is 12.0. The lowest BCUT2D eigenvalue weighted by Crippen LogP contribution is -2.02. The van der Waals surface area contributed by atoms with Gasteiger partial charge in [0.05, 0.1) is 0 Å². The molecule has 0 heterocycles. The highest BCUT2D eigenvalue weighted by Gasteiger charge is 2.06. The number of carbonyl (C=O) groups is 1. The molecule has 0 aliphatic heterocycles. The monoisotopic (exact) mass is 292 g/mol. The average molecular weight is 292 g/mol. The van der Waals surface area contributed by atoms with Gasteiger partial charge in [-0.3, -0.25) is 4.79 Å². The van der Waals surface area contributed by atoms with E-state index < -0.39 is 0 Å². The zero-order valence-corrected chi connectivity index (χ0v) is 14.0. The maximum atomic E-state index is 12.0. The normalized spacial score (nSPS) is 11.0. The van der Waals surface area contributed by atoms with Gasteiger partial charge in [-0.25, -0.2) is 0 Å². The Balaban J connectivity index is 2.35. The number of hydrogen-bond acceptors (Lipinski definition) is 2. The lowest BCUT2D eigenvalue weighted by atomic mass is 10.0. The Morgan fingerprint density at radius 1 is 1.10 bits per heavy atom. The summed E-state index contributed by atoms with van der Waals surface area (Å²) in [6, 6.07) is 8.23. The van der Waals surface area contributed by atoms with Gasteiger partial charge in [-0.2, -0.15) is 11.8 Å². The number of aryl methyl sites for hydroxylation is 1. The molecule has 0 N–H and O–H groups in total. The first kappa shape index (κ1) is 17.3. The first-order valence-electron chi connectivity index (χ1n) is 7.87. The Labute approximate surface area is 128 Å². The van der Waals surface area contributed by atoms with Gasteiger partial charge in [0.15, 0.2) is 5.78 Å². The van der Waals surface area contributed by atoms with Gasteiger partial charge in [0.25, 0.3) is 0 Å². The Morgan fingerprint density at radius 2 is 1.80 bits per heavy atom. The topological polar surface area (TPSA) is 17.1 Å². The van der Waals surface area contributed by atoms with Crippen LogP contribution in [-0.4, -0.2) is 16.8 Å². The van der Waals surface area contributed by atoms with Crippen molar-refractivity contribution in [2.75, 3.05) is 5.75 Å². The fourth-order valence-corrected chi connectivity index (χ4v) is 2.92. The van der Waals surface area contributed by atoms with E-state index in [9.17, 15) is 4.79 Å². The highest BCUT2D eigenvalue weighted by molar-refractivity contribution is 7.99. The third-order valence-corrected chi connectivity index (χ3v) is 4.48. The van der Waals surface area contributed by atoms with E-state index in [4.69, 9.17) is 0 Å². The number of benzene rings is 1. The molecule has 1 nitrogen and oxygen atoms in total. The number of rotatable bonds is 10. The van der Waals surface area contributed by atoms with Gasteiger partial charge in [0.2, 0.25) is 0 Å². The summed E-state index contributed by atoms with van der Waals surface area (Å²) in [6.07, 6.45) is 6.96. The number of thioether (sulfide) groups is 1. The van der Waals surface area contributed by atoms with Crippen molar-refractivity contribution in [3.63, 3.8) is 0 Å². The van der Waals surface area contributed by atoms with E-state index in [2.05, 4.69) is 32.9 Å². The molecule has 0 saturated carbocycles. The van der Waals surface area contributed by atoms with Crippen molar-refractivity contribution in [3.8, 4) is 0 Å². The van der Waals surface area contributed by atoms with Crippen LogP contribution in [0.15, 0.2) is 24.3 Å². The van der Waals surface area contributed by atoms with E-state index in [0.717, 1.165) is 17.7 Å². The van der Waals surface area contributed by atoms with Crippen molar-refractivity contribution in [2.45, 2.75) is 64.5 Å². The fraction of sp³-hybridized carbons (Fsp3) is 0.611. The maximum Gasteiger partial charge on any atom is 0.163 e. The van der Waals surface area contributed by atoms with Gasteiger partial charge in [0, 0.05) is 17.7 Å². The second kappa shape index (κ2) is 10.0. The molecule has 0 atom stereocenters. The van der Waals surface area contributed by atoms with E-state index >= 15 is 0 Å². The smallest absolute Gasteiger partial charge is 0.163 e. The molecule has 20 heavy (non-hydrogen) atoms. The molecule has 1 aromatic carbocycles. The summed E-state index contributed by atoms with van der Waals surface area (Å²) in [5.74, 6) is 1.20. The molecule has 1 rings (SSSR count). The molecular formula is C18H28OS. The predicted octanol–water partition coefficient (Wildman–Crippen LogP) is 5.52. The van der Waals surface area contributed by atoms with E-state index in [1.54, 1.807) is 0 Å². The van der Waals surface area contributed by atoms with Crippen molar-refractivity contribution in [1.29, 1.82) is 0 Å². The van der Waals surface area contributed by atoms with Crippen molar-refractivity contribution in [3.05, 3.63) is 35.4 Å². The van der Waals surface area contributed by atoms with E-state index in [-0.39, 0.29) is 5.78 Å². The van der Waals surface area contributed by atoms with Crippen molar-refractivity contribution in [2.24, 2.45) is 0 Å². The average Bonchev–Trinajstić information content (AvgIpc) is 2.44. The summed E-state index contributed by atoms with van der Waals surface area (Å²) >= 11 is 1.85. The van der Waals surface area contributed by atoms with Crippen LogP contribution in [0.2, 0.25) is 0 Å². The number of carbonyl (C=O) groups excluding carboxylic acids is 1. The van der Waals surface area contributed by atoms with Crippen LogP contribution in [0.25, 0.3) is 0 Å². The highest BCUT2D eigenvalue weighted by atomic mass is 32.2. The Hall–Kier alpha value is -0.760. The minimum atomic E-state index is 0.274. The Bertz CT molecular complexity index is 381. The summed E-state index contributed by atoms with van der Waals surface area (Å²) in [4.78, 5) is 12.0. The van der Waals surface area contributed by atoms with Crippen LogP contribution in [0, 0.1) is 0 Å². The van der Waals surface area contributed by atoms with Gasteiger partial charge in [-0.05, 0) is 23.7 Å². The molecule has 0 spiro atoms. The van der Waals surface area contributed by atoms with E-state index in [0.29, 0.717) is 11.7 Å². The molecule has 0 unspecified atom stereocenters. The molecule has 0 aromatic heterocycles. The number of unbranched alkanes of at least 4 members (excludes halogenated alkanes) is 3. The minimum Gasteiger partial charge on any atom is -0.294 e. The number of Topliss-reactive ketones (excluding diaryl/α,β-unsaturated/α-hetero) is 1. The second-order valence-corrected chi connectivity index (χ2v) is 7.28. The van der Waals surface area contributed by atoms with Crippen LogP contribution in [0.5, 0.6) is 0 Å². The lowest BCUT2D eigenvalue weighted by molar-refractivity contribution is 0.0989.